The number of carbonyl (C=O) groups is 2. The van der Waals surface area contributed by atoms with E-state index in [1.165, 1.54) is 0 Å². The van der Waals surface area contributed by atoms with Crippen molar-refractivity contribution in [2.24, 2.45) is 0 Å². The molecule has 0 aliphatic heterocycles. The standard InChI is InChI=1S/C11H11F2NO6S/c1-20-8(15)4-5-14-21(18,19)7-3-2-6(12)9(10(7)13)11(16)17/h2-3,14H,4-5H2,1H3,(H,16,17). The van der Waals surface area contributed by atoms with Crippen molar-refractivity contribution in [3.05, 3.63) is 29.3 Å². The van der Waals surface area contributed by atoms with Crippen molar-refractivity contribution in [1.82, 2.24) is 4.72 Å². The van der Waals surface area contributed by atoms with Crippen LogP contribution in [0, 0.1) is 11.6 Å². The van der Waals surface area contributed by atoms with Crippen molar-refractivity contribution < 1.29 is 36.6 Å². The van der Waals surface area contributed by atoms with E-state index in [0.717, 1.165) is 7.11 Å². The second kappa shape index (κ2) is 6.59. The van der Waals surface area contributed by atoms with E-state index in [0.29, 0.717) is 12.1 Å². The van der Waals surface area contributed by atoms with Crippen molar-refractivity contribution in [1.29, 1.82) is 0 Å². The van der Waals surface area contributed by atoms with Gasteiger partial charge in [0.2, 0.25) is 10.0 Å². The third-order valence-corrected chi connectivity index (χ3v) is 3.89. The van der Waals surface area contributed by atoms with Gasteiger partial charge < -0.3 is 9.84 Å². The molecule has 0 aliphatic rings. The Morgan fingerprint density at radius 2 is 1.95 bits per heavy atom. The highest BCUT2D eigenvalue weighted by atomic mass is 32.2. The number of rotatable bonds is 6. The van der Waals surface area contributed by atoms with Crippen LogP contribution in [0.15, 0.2) is 17.0 Å². The number of methoxy groups -OCH3 is 1. The number of carbonyl (C=O) groups excluding carboxylic acids is 1. The lowest BCUT2D eigenvalue weighted by molar-refractivity contribution is -0.140. The van der Waals surface area contributed by atoms with Gasteiger partial charge in [0.1, 0.15) is 16.3 Å². The summed E-state index contributed by atoms with van der Waals surface area (Å²) >= 11 is 0. The van der Waals surface area contributed by atoms with E-state index in [4.69, 9.17) is 5.11 Å². The molecule has 116 valence electrons. The number of aromatic carboxylic acids is 1. The lowest BCUT2D eigenvalue weighted by Gasteiger charge is -2.09. The minimum atomic E-state index is -4.43. The number of halogens is 2. The summed E-state index contributed by atoms with van der Waals surface area (Å²) in [6.07, 6.45) is -0.301. The maximum atomic E-state index is 13.8. The van der Waals surface area contributed by atoms with Gasteiger partial charge in [-0.25, -0.2) is 26.7 Å². The topological polar surface area (TPSA) is 110 Å². The van der Waals surface area contributed by atoms with Crippen LogP contribution in [-0.4, -0.2) is 39.1 Å². The average Bonchev–Trinajstić information content (AvgIpc) is 2.37. The molecule has 0 heterocycles. The first-order chi connectivity index (χ1) is 9.70. The predicted molar refractivity (Wildman–Crippen MR) is 65.1 cm³/mol. The van der Waals surface area contributed by atoms with Gasteiger partial charge in [-0.05, 0) is 12.1 Å². The van der Waals surface area contributed by atoms with Gasteiger partial charge in [0.05, 0.1) is 13.5 Å². The fraction of sp³-hybridized carbons (Fsp3) is 0.273. The van der Waals surface area contributed by atoms with Crippen molar-refractivity contribution in [2.45, 2.75) is 11.3 Å². The molecule has 0 saturated carbocycles. The summed E-state index contributed by atoms with van der Waals surface area (Å²) in [6, 6.07) is 1.12. The molecular weight excluding hydrogens is 312 g/mol. The van der Waals surface area contributed by atoms with Gasteiger partial charge in [0, 0.05) is 6.54 Å². The molecule has 0 aromatic heterocycles. The zero-order chi connectivity index (χ0) is 16.2. The molecule has 1 aromatic carbocycles. The van der Waals surface area contributed by atoms with Crippen LogP contribution in [0.5, 0.6) is 0 Å². The Balaban J connectivity index is 3.07. The molecule has 0 fully saturated rings. The number of hydrogen-bond donors (Lipinski definition) is 2. The Kier molecular flexibility index (Phi) is 5.33. The highest BCUT2D eigenvalue weighted by Crippen LogP contribution is 2.21. The van der Waals surface area contributed by atoms with E-state index in [-0.39, 0.29) is 13.0 Å². The largest absolute Gasteiger partial charge is 0.477 e. The van der Waals surface area contributed by atoms with E-state index in [2.05, 4.69) is 4.74 Å². The smallest absolute Gasteiger partial charge is 0.341 e. The van der Waals surface area contributed by atoms with Crippen LogP contribution >= 0.6 is 0 Å². The first-order valence-electron chi connectivity index (χ1n) is 5.48. The molecule has 0 radical (unpaired) electrons. The lowest BCUT2D eigenvalue weighted by atomic mass is 10.2. The lowest BCUT2D eigenvalue weighted by Crippen LogP contribution is -2.28. The molecule has 0 amide bonds. The second-order valence-corrected chi connectivity index (χ2v) is 5.50. The van der Waals surface area contributed by atoms with Gasteiger partial charge in [0.15, 0.2) is 5.82 Å². The van der Waals surface area contributed by atoms with Crippen molar-refractivity contribution in [3.63, 3.8) is 0 Å². The zero-order valence-electron chi connectivity index (χ0n) is 10.7. The molecule has 7 nitrogen and oxygen atoms in total. The fourth-order valence-corrected chi connectivity index (χ4v) is 2.52. The van der Waals surface area contributed by atoms with E-state index in [9.17, 15) is 26.8 Å². The van der Waals surface area contributed by atoms with Gasteiger partial charge in [-0.15, -0.1) is 0 Å². The predicted octanol–water partition coefficient (Wildman–Crippen LogP) is 0.504. The van der Waals surface area contributed by atoms with E-state index < -0.39 is 44.1 Å². The van der Waals surface area contributed by atoms with Crippen LogP contribution in [0.3, 0.4) is 0 Å². The molecule has 10 heteroatoms. The Morgan fingerprint density at radius 1 is 1.33 bits per heavy atom. The molecule has 0 spiro atoms. The van der Waals surface area contributed by atoms with Crippen LogP contribution in [0.4, 0.5) is 8.78 Å². The Hall–Kier alpha value is -2.07. The van der Waals surface area contributed by atoms with Gasteiger partial charge >= 0.3 is 11.9 Å². The van der Waals surface area contributed by atoms with E-state index in [1.54, 1.807) is 0 Å². The molecule has 21 heavy (non-hydrogen) atoms. The molecular formula is C11H11F2NO6S. The number of carboxylic acids is 1. The van der Waals surface area contributed by atoms with Gasteiger partial charge in [0.25, 0.3) is 0 Å². The van der Waals surface area contributed by atoms with Crippen LogP contribution in [0.25, 0.3) is 0 Å². The van der Waals surface area contributed by atoms with E-state index >= 15 is 0 Å². The summed E-state index contributed by atoms with van der Waals surface area (Å²) in [7, 11) is -3.32. The third-order valence-electron chi connectivity index (χ3n) is 2.41. The first kappa shape index (κ1) is 17.0. The number of sulfonamides is 1. The van der Waals surface area contributed by atoms with Crippen molar-refractivity contribution in [2.75, 3.05) is 13.7 Å². The summed E-state index contributed by atoms with van der Waals surface area (Å²) in [4.78, 5) is 20.5. The van der Waals surface area contributed by atoms with Crippen molar-refractivity contribution in [3.8, 4) is 0 Å². The molecule has 0 bridgehead atoms. The van der Waals surface area contributed by atoms with Gasteiger partial charge in [-0.1, -0.05) is 0 Å². The number of ether oxygens (including phenoxy) is 1. The molecule has 0 unspecified atom stereocenters. The molecule has 0 atom stereocenters. The SMILES string of the molecule is COC(=O)CCNS(=O)(=O)c1ccc(F)c(C(=O)O)c1F. The normalized spacial score (nSPS) is 11.2. The quantitative estimate of drug-likeness (QED) is 0.738. The number of benzene rings is 1. The van der Waals surface area contributed by atoms with Gasteiger partial charge in [-0.3, -0.25) is 4.79 Å². The average molecular weight is 323 g/mol. The number of nitrogens with one attached hydrogen (secondary N) is 1. The summed E-state index contributed by atoms with van der Waals surface area (Å²) < 4.78 is 56.7. The molecule has 0 saturated heterocycles. The minimum absolute atomic E-state index is 0.301. The molecule has 1 rings (SSSR count). The Morgan fingerprint density at radius 3 is 2.48 bits per heavy atom. The highest BCUT2D eigenvalue weighted by molar-refractivity contribution is 7.89. The molecule has 1 aromatic rings. The Labute approximate surface area is 118 Å². The van der Waals surface area contributed by atoms with Crippen LogP contribution in [0.2, 0.25) is 0 Å². The maximum Gasteiger partial charge on any atom is 0.341 e. The molecule has 2 N–H and O–H groups in total. The monoisotopic (exact) mass is 323 g/mol. The number of esters is 1. The highest BCUT2D eigenvalue weighted by Gasteiger charge is 2.26. The molecule has 0 aliphatic carbocycles. The Bertz CT molecular complexity index is 674. The van der Waals surface area contributed by atoms with E-state index in [1.807, 2.05) is 4.72 Å². The first-order valence-corrected chi connectivity index (χ1v) is 6.96. The zero-order valence-corrected chi connectivity index (χ0v) is 11.5. The van der Waals surface area contributed by atoms with Crippen molar-refractivity contribution >= 4 is 22.0 Å². The van der Waals surface area contributed by atoms with Crippen LogP contribution in [0.1, 0.15) is 16.8 Å². The third kappa shape index (κ3) is 3.95. The van der Waals surface area contributed by atoms with Crippen LogP contribution < -0.4 is 4.72 Å². The van der Waals surface area contributed by atoms with Gasteiger partial charge in [-0.2, -0.15) is 0 Å². The summed E-state index contributed by atoms with van der Waals surface area (Å²) in [5.74, 6) is -5.73. The summed E-state index contributed by atoms with van der Waals surface area (Å²) in [6.45, 7) is -0.381. The summed E-state index contributed by atoms with van der Waals surface area (Å²) in [5, 5.41) is 8.66. The summed E-state index contributed by atoms with van der Waals surface area (Å²) in [5.41, 5.74) is -1.37. The second-order valence-electron chi connectivity index (χ2n) is 3.76. The minimum Gasteiger partial charge on any atom is -0.477 e. The van der Waals surface area contributed by atoms with Crippen LogP contribution in [-0.2, 0) is 19.6 Å². The number of carboxylic acid groups (broad SMARTS) is 1. The fourth-order valence-electron chi connectivity index (χ4n) is 1.40. The number of hydrogen-bond acceptors (Lipinski definition) is 5. The maximum absolute atomic E-state index is 13.8.